The lowest BCUT2D eigenvalue weighted by Gasteiger charge is -2.17. The first kappa shape index (κ1) is 15.7. The van der Waals surface area contributed by atoms with E-state index in [1.807, 2.05) is 6.92 Å². The largest absolute Gasteiger partial charge is 0.478 e. The van der Waals surface area contributed by atoms with Crippen LogP contribution in [0.3, 0.4) is 0 Å². The molecule has 98 valence electrons. The summed E-state index contributed by atoms with van der Waals surface area (Å²) in [7, 11) is 0. The van der Waals surface area contributed by atoms with Crippen LogP contribution in [-0.2, 0) is 14.3 Å². The van der Waals surface area contributed by atoms with Crippen LogP contribution in [0.4, 0.5) is 0 Å². The molecule has 0 aromatic heterocycles. The second-order valence-corrected chi connectivity index (χ2v) is 4.12. The van der Waals surface area contributed by atoms with Gasteiger partial charge in [-0.15, -0.1) is 0 Å². The first-order chi connectivity index (χ1) is 8.01. The van der Waals surface area contributed by atoms with Gasteiger partial charge in [0.15, 0.2) is 0 Å². The number of aliphatic carboxylic acids is 1. The Morgan fingerprint density at radius 2 is 1.88 bits per heavy atom. The number of hydrogen-bond donors (Lipinski definition) is 1. The molecule has 0 aromatic rings. The van der Waals surface area contributed by atoms with E-state index in [-0.39, 0.29) is 11.7 Å². The van der Waals surface area contributed by atoms with Crippen LogP contribution in [0.2, 0.25) is 0 Å². The zero-order valence-electron chi connectivity index (χ0n) is 10.9. The smallest absolute Gasteiger partial charge is 0.334 e. The summed E-state index contributed by atoms with van der Waals surface area (Å²) in [5.74, 6) is -1.65. The average molecular weight is 242 g/mol. The monoisotopic (exact) mass is 242 g/mol. The summed E-state index contributed by atoms with van der Waals surface area (Å²) in [6, 6.07) is 0. The maximum atomic E-state index is 11.6. The molecule has 0 aromatic carbocycles. The first-order valence-corrected chi connectivity index (χ1v) is 6.13. The fourth-order valence-electron chi connectivity index (χ4n) is 1.50. The molecule has 0 aliphatic rings. The first-order valence-electron chi connectivity index (χ1n) is 6.13. The Morgan fingerprint density at radius 1 is 1.24 bits per heavy atom. The van der Waals surface area contributed by atoms with Gasteiger partial charge in [-0.3, -0.25) is 0 Å². The van der Waals surface area contributed by atoms with Gasteiger partial charge in [0.1, 0.15) is 6.10 Å². The van der Waals surface area contributed by atoms with Crippen LogP contribution in [0.1, 0.15) is 52.9 Å². The highest BCUT2D eigenvalue weighted by Crippen LogP contribution is 2.13. The Bertz CT molecular complexity index is 281. The van der Waals surface area contributed by atoms with Crippen molar-refractivity contribution in [1.29, 1.82) is 0 Å². The van der Waals surface area contributed by atoms with Crippen molar-refractivity contribution in [3.8, 4) is 0 Å². The van der Waals surface area contributed by atoms with E-state index in [2.05, 4.69) is 6.92 Å². The van der Waals surface area contributed by atoms with Gasteiger partial charge in [0, 0.05) is 11.6 Å². The van der Waals surface area contributed by atoms with E-state index < -0.39 is 11.9 Å². The predicted octanol–water partition coefficient (Wildman–Crippen LogP) is 2.92. The van der Waals surface area contributed by atoms with E-state index in [1.165, 1.54) is 6.92 Å². The van der Waals surface area contributed by atoms with Gasteiger partial charge >= 0.3 is 11.9 Å². The van der Waals surface area contributed by atoms with Gasteiger partial charge < -0.3 is 9.84 Å². The van der Waals surface area contributed by atoms with E-state index >= 15 is 0 Å². The minimum absolute atomic E-state index is 0.0930. The third-order valence-electron chi connectivity index (χ3n) is 2.43. The Hall–Kier alpha value is -1.32. The minimum atomic E-state index is -1.12. The molecular weight excluding hydrogens is 220 g/mol. The van der Waals surface area contributed by atoms with E-state index in [0.717, 1.165) is 38.2 Å². The Kier molecular flexibility index (Phi) is 8.11. The average Bonchev–Trinajstić information content (AvgIpc) is 2.25. The van der Waals surface area contributed by atoms with Crippen LogP contribution in [0.5, 0.6) is 0 Å². The van der Waals surface area contributed by atoms with Crippen molar-refractivity contribution < 1.29 is 19.4 Å². The molecule has 0 bridgehead atoms. The molecule has 0 fully saturated rings. The Labute approximate surface area is 103 Å². The van der Waals surface area contributed by atoms with Crippen LogP contribution in [0, 0.1) is 0 Å². The molecule has 0 aliphatic heterocycles. The Morgan fingerprint density at radius 3 is 2.35 bits per heavy atom. The molecule has 4 nitrogen and oxygen atoms in total. The van der Waals surface area contributed by atoms with Crippen LogP contribution in [0.25, 0.3) is 0 Å². The van der Waals surface area contributed by atoms with E-state index in [0.29, 0.717) is 0 Å². The number of rotatable bonds is 8. The summed E-state index contributed by atoms with van der Waals surface area (Å²) < 4.78 is 5.29. The lowest BCUT2D eigenvalue weighted by atomic mass is 10.1. The normalized spacial score (nSPS) is 13.2. The number of carbonyl (C=O) groups excluding carboxylic acids is 1. The fraction of sp³-hybridized carbons (Fsp3) is 0.692. The summed E-state index contributed by atoms with van der Waals surface area (Å²) in [6.45, 7) is 5.58. The Balaban J connectivity index is 4.33. The molecule has 0 saturated heterocycles. The summed E-state index contributed by atoms with van der Waals surface area (Å²) in [5, 5.41) is 8.53. The fourth-order valence-corrected chi connectivity index (χ4v) is 1.50. The zero-order valence-corrected chi connectivity index (χ0v) is 10.9. The number of hydrogen-bond acceptors (Lipinski definition) is 3. The third-order valence-corrected chi connectivity index (χ3v) is 2.43. The van der Waals surface area contributed by atoms with Gasteiger partial charge in [-0.2, -0.15) is 0 Å². The molecule has 1 atom stereocenters. The van der Waals surface area contributed by atoms with Crippen LogP contribution >= 0.6 is 0 Å². The molecule has 0 rings (SSSR count). The van der Waals surface area contributed by atoms with Crippen LogP contribution in [-0.4, -0.2) is 23.1 Å². The number of carbonyl (C=O) groups is 2. The quantitative estimate of drug-likeness (QED) is 0.525. The van der Waals surface area contributed by atoms with E-state index in [1.54, 1.807) is 0 Å². The van der Waals surface area contributed by atoms with Gasteiger partial charge in [-0.1, -0.05) is 33.1 Å². The van der Waals surface area contributed by atoms with Gasteiger partial charge in [-0.05, 0) is 19.8 Å². The van der Waals surface area contributed by atoms with Crippen molar-refractivity contribution in [2.45, 2.75) is 59.0 Å². The molecule has 0 heterocycles. The van der Waals surface area contributed by atoms with E-state index in [4.69, 9.17) is 9.84 Å². The second-order valence-electron chi connectivity index (χ2n) is 4.12. The molecule has 1 unspecified atom stereocenters. The number of carboxylic acid groups (broad SMARTS) is 1. The molecule has 0 aliphatic carbocycles. The van der Waals surface area contributed by atoms with Gasteiger partial charge in [-0.25, -0.2) is 9.59 Å². The summed E-state index contributed by atoms with van der Waals surface area (Å²) >= 11 is 0. The molecule has 0 saturated carbocycles. The van der Waals surface area contributed by atoms with Crippen LogP contribution in [0.15, 0.2) is 11.6 Å². The predicted molar refractivity (Wildman–Crippen MR) is 65.7 cm³/mol. The van der Waals surface area contributed by atoms with E-state index in [9.17, 15) is 9.59 Å². The highest BCUT2D eigenvalue weighted by atomic mass is 16.5. The number of esters is 1. The summed E-state index contributed by atoms with van der Waals surface area (Å²) in [5.41, 5.74) is 0.134. The number of unbranched alkanes of at least 4 members (excludes halogenated alkanes) is 1. The zero-order chi connectivity index (χ0) is 13.3. The highest BCUT2D eigenvalue weighted by molar-refractivity contribution is 5.95. The van der Waals surface area contributed by atoms with Gasteiger partial charge in [0.25, 0.3) is 0 Å². The van der Waals surface area contributed by atoms with Gasteiger partial charge in [0.05, 0.1) is 0 Å². The van der Waals surface area contributed by atoms with Crippen molar-refractivity contribution in [1.82, 2.24) is 0 Å². The highest BCUT2D eigenvalue weighted by Gasteiger charge is 2.15. The van der Waals surface area contributed by atoms with Crippen LogP contribution < -0.4 is 0 Å². The molecule has 17 heavy (non-hydrogen) atoms. The van der Waals surface area contributed by atoms with Crippen molar-refractivity contribution >= 4 is 11.9 Å². The second kappa shape index (κ2) is 8.79. The van der Waals surface area contributed by atoms with Gasteiger partial charge in [0.2, 0.25) is 0 Å². The lowest BCUT2D eigenvalue weighted by molar-refractivity contribution is -0.145. The van der Waals surface area contributed by atoms with Crippen molar-refractivity contribution in [2.75, 3.05) is 0 Å². The maximum absolute atomic E-state index is 11.6. The molecule has 0 amide bonds. The molecule has 0 radical (unpaired) electrons. The van der Waals surface area contributed by atoms with Crippen molar-refractivity contribution in [3.05, 3.63) is 11.6 Å². The van der Waals surface area contributed by atoms with Crippen molar-refractivity contribution in [3.63, 3.8) is 0 Å². The third kappa shape index (κ3) is 7.55. The summed E-state index contributed by atoms with van der Waals surface area (Å²) in [6.07, 6.45) is 5.47. The lowest BCUT2D eigenvalue weighted by Crippen LogP contribution is -2.19. The van der Waals surface area contributed by atoms with Crippen molar-refractivity contribution in [2.24, 2.45) is 0 Å². The number of carboxylic acids is 1. The standard InChI is InChI=1S/C13H22O4/c1-4-6-8-11(7-5-2)17-13(16)10(3)9-12(14)15/h9,11H,4-8H2,1-3H3,(H,14,15). The molecule has 0 spiro atoms. The topological polar surface area (TPSA) is 63.6 Å². The maximum Gasteiger partial charge on any atom is 0.334 e. The minimum Gasteiger partial charge on any atom is -0.478 e. The molecule has 4 heteroatoms. The number of ether oxygens (including phenoxy) is 1. The SMILES string of the molecule is CCCCC(CCC)OC(=O)C(C)=CC(=O)O. The summed E-state index contributed by atoms with van der Waals surface area (Å²) in [4.78, 5) is 22.0. The molecular formula is C13H22O4. The molecule has 1 N–H and O–H groups in total.